The first-order valence-corrected chi connectivity index (χ1v) is 9.06. The van der Waals surface area contributed by atoms with E-state index < -0.39 is 0 Å². The van der Waals surface area contributed by atoms with E-state index in [4.69, 9.17) is 4.74 Å². The van der Waals surface area contributed by atoms with Gasteiger partial charge in [-0.05, 0) is 70.4 Å². The van der Waals surface area contributed by atoms with Gasteiger partial charge in [0, 0.05) is 15.9 Å². The Labute approximate surface area is 139 Å². The quantitative estimate of drug-likeness (QED) is 0.692. The number of hydrogen-bond acceptors (Lipinski definition) is 3. The molecule has 0 radical (unpaired) electrons. The minimum absolute atomic E-state index is 0.410. The van der Waals surface area contributed by atoms with Gasteiger partial charge in [0.25, 0.3) is 0 Å². The maximum absolute atomic E-state index is 5.21. The van der Waals surface area contributed by atoms with Crippen LogP contribution in [0.4, 0.5) is 0 Å². The van der Waals surface area contributed by atoms with Crippen LogP contribution in [-0.4, -0.2) is 13.7 Å². The van der Waals surface area contributed by atoms with E-state index in [0.717, 1.165) is 31.6 Å². The van der Waals surface area contributed by atoms with Gasteiger partial charge in [0.05, 0.1) is 7.11 Å². The smallest absolute Gasteiger partial charge is 0.118 e. The first-order chi connectivity index (χ1) is 10.2. The monoisotopic (exact) mass is 367 g/mol. The van der Waals surface area contributed by atoms with E-state index in [9.17, 15) is 0 Å². The summed E-state index contributed by atoms with van der Waals surface area (Å²) in [6.07, 6.45) is 3.32. The van der Waals surface area contributed by atoms with Gasteiger partial charge < -0.3 is 10.1 Å². The third kappa shape index (κ3) is 4.83. The van der Waals surface area contributed by atoms with E-state index >= 15 is 0 Å². The van der Waals surface area contributed by atoms with Crippen molar-refractivity contribution < 1.29 is 4.74 Å². The molecule has 114 valence electrons. The molecule has 2 aromatic rings. The molecule has 0 saturated heterocycles. The number of nitrogens with one attached hydrogen (secondary N) is 1. The highest BCUT2D eigenvalue weighted by Gasteiger charge is 2.14. The van der Waals surface area contributed by atoms with Crippen LogP contribution in [0.1, 0.15) is 36.9 Å². The molecular weight excluding hydrogens is 346 g/mol. The minimum Gasteiger partial charge on any atom is -0.497 e. The van der Waals surface area contributed by atoms with Crippen molar-refractivity contribution in [3.05, 3.63) is 50.6 Å². The SMILES string of the molecule is CCCNC(CCc1ccc(OC)cc1)c1cscc1Br. The summed E-state index contributed by atoms with van der Waals surface area (Å²) in [6, 6.07) is 8.78. The van der Waals surface area contributed by atoms with Crippen LogP contribution in [0.2, 0.25) is 0 Å². The zero-order chi connectivity index (χ0) is 15.1. The largest absolute Gasteiger partial charge is 0.497 e. The Kier molecular flexibility index (Phi) is 6.74. The normalized spacial score (nSPS) is 12.3. The third-order valence-electron chi connectivity index (χ3n) is 3.54. The fourth-order valence-electron chi connectivity index (χ4n) is 2.33. The molecule has 0 spiro atoms. The molecule has 1 aromatic carbocycles. The molecule has 0 fully saturated rings. The van der Waals surface area contributed by atoms with E-state index in [1.807, 2.05) is 12.1 Å². The van der Waals surface area contributed by atoms with Crippen LogP contribution in [0, 0.1) is 0 Å². The summed E-state index contributed by atoms with van der Waals surface area (Å²) >= 11 is 5.41. The van der Waals surface area contributed by atoms with E-state index in [0.29, 0.717) is 6.04 Å². The van der Waals surface area contributed by atoms with Crippen molar-refractivity contribution in [3.63, 3.8) is 0 Å². The Morgan fingerprint density at radius 3 is 2.57 bits per heavy atom. The van der Waals surface area contributed by atoms with E-state index in [1.54, 1.807) is 18.4 Å². The van der Waals surface area contributed by atoms with Crippen LogP contribution in [0.5, 0.6) is 5.75 Å². The van der Waals surface area contributed by atoms with Gasteiger partial charge in [0.2, 0.25) is 0 Å². The molecule has 2 rings (SSSR count). The summed E-state index contributed by atoms with van der Waals surface area (Å²) < 4.78 is 6.42. The van der Waals surface area contributed by atoms with Crippen LogP contribution in [0.3, 0.4) is 0 Å². The van der Waals surface area contributed by atoms with Gasteiger partial charge in [0.15, 0.2) is 0 Å². The molecule has 4 heteroatoms. The molecule has 1 unspecified atom stereocenters. The number of benzene rings is 1. The summed E-state index contributed by atoms with van der Waals surface area (Å²) in [5, 5.41) is 8.06. The van der Waals surface area contributed by atoms with Gasteiger partial charge in [-0.1, -0.05) is 19.1 Å². The maximum atomic E-state index is 5.21. The number of rotatable bonds is 8. The molecule has 1 atom stereocenters. The molecule has 21 heavy (non-hydrogen) atoms. The van der Waals surface area contributed by atoms with Gasteiger partial charge in [-0.15, -0.1) is 0 Å². The third-order valence-corrected chi connectivity index (χ3v) is 5.29. The first kappa shape index (κ1) is 16.5. The molecule has 0 aliphatic carbocycles. The Morgan fingerprint density at radius 2 is 2.00 bits per heavy atom. The summed E-state index contributed by atoms with van der Waals surface area (Å²) in [5.74, 6) is 0.917. The number of halogens is 1. The van der Waals surface area contributed by atoms with Crippen molar-refractivity contribution in [2.45, 2.75) is 32.2 Å². The number of thiophene rings is 1. The summed E-state index contributed by atoms with van der Waals surface area (Å²) in [6.45, 7) is 3.26. The Hall–Kier alpha value is -0.840. The number of aryl methyl sites for hydroxylation is 1. The predicted octanol–water partition coefficient (Wildman–Crippen LogP) is 5.19. The van der Waals surface area contributed by atoms with Crippen molar-refractivity contribution in [1.29, 1.82) is 0 Å². The van der Waals surface area contributed by atoms with Crippen LogP contribution >= 0.6 is 27.3 Å². The van der Waals surface area contributed by atoms with Gasteiger partial charge in [0.1, 0.15) is 5.75 Å². The molecular formula is C17H22BrNOS. The summed E-state index contributed by atoms with van der Waals surface area (Å²) in [4.78, 5) is 0. The molecule has 0 amide bonds. The lowest BCUT2D eigenvalue weighted by atomic mass is 10.0. The fourth-order valence-corrected chi connectivity index (χ4v) is 3.96. The van der Waals surface area contributed by atoms with Crippen molar-refractivity contribution in [3.8, 4) is 5.75 Å². The second-order valence-electron chi connectivity index (χ2n) is 5.07. The highest BCUT2D eigenvalue weighted by molar-refractivity contribution is 9.10. The van der Waals surface area contributed by atoms with Gasteiger partial charge in [-0.25, -0.2) is 0 Å². The lowest BCUT2D eigenvalue weighted by Gasteiger charge is -2.18. The van der Waals surface area contributed by atoms with Crippen molar-refractivity contribution in [2.24, 2.45) is 0 Å². The molecule has 0 saturated carbocycles. The number of hydrogen-bond donors (Lipinski definition) is 1. The molecule has 0 bridgehead atoms. The van der Waals surface area contributed by atoms with Crippen LogP contribution in [-0.2, 0) is 6.42 Å². The zero-order valence-corrected chi connectivity index (χ0v) is 15.0. The Morgan fingerprint density at radius 1 is 1.24 bits per heavy atom. The minimum atomic E-state index is 0.410. The zero-order valence-electron chi connectivity index (χ0n) is 12.6. The molecule has 1 aromatic heterocycles. The standard InChI is InChI=1S/C17H22BrNOS/c1-3-10-19-17(15-11-21-12-16(15)18)9-6-13-4-7-14(20-2)8-5-13/h4-5,7-8,11-12,17,19H,3,6,9-10H2,1-2H3. The maximum Gasteiger partial charge on any atom is 0.118 e. The second-order valence-corrected chi connectivity index (χ2v) is 6.67. The van der Waals surface area contributed by atoms with E-state index in [-0.39, 0.29) is 0 Å². The lowest BCUT2D eigenvalue weighted by Crippen LogP contribution is -2.22. The van der Waals surface area contributed by atoms with Crippen LogP contribution in [0.25, 0.3) is 0 Å². The molecule has 1 N–H and O–H groups in total. The number of ether oxygens (including phenoxy) is 1. The molecule has 1 heterocycles. The molecule has 2 nitrogen and oxygen atoms in total. The van der Waals surface area contributed by atoms with Crippen LogP contribution in [0.15, 0.2) is 39.5 Å². The van der Waals surface area contributed by atoms with Crippen molar-refractivity contribution >= 4 is 27.3 Å². The Balaban J connectivity index is 1.99. The fraction of sp³-hybridized carbons (Fsp3) is 0.412. The van der Waals surface area contributed by atoms with E-state index in [2.05, 4.69) is 51.1 Å². The molecule has 0 aliphatic heterocycles. The average molecular weight is 368 g/mol. The average Bonchev–Trinajstić information content (AvgIpc) is 2.94. The number of methoxy groups -OCH3 is 1. The lowest BCUT2D eigenvalue weighted by molar-refractivity contribution is 0.414. The summed E-state index contributed by atoms with van der Waals surface area (Å²) in [7, 11) is 1.70. The highest BCUT2D eigenvalue weighted by Crippen LogP contribution is 2.30. The van der Waals surface area contributed by atoms with E-state index in [1.165, 1.54) is 15.6 Å². The van der Waals surface area contributed by atoms with Gasteiger partial charge in [-0.3, -0.25) is 0 Å². The van der Waals surface area contributed by atoms with Gasteiger partial charge in [-0.2, -0.15) is 11.3 Å². The predicted molar refractivity (Wildman–Crippen MR) is 94.4 cm³/mol. The van der Waals surface area contributed by atoms with Crippen molar-refractivity contribution in [1.82, 2.24) is 5.32 Å². The molecule has 0 aliphatic rings. The highest BCUT2D eigenvalue weighted by atomic mass is 79.9. The Bertz CT molecular complexity index is 538. The summed E-state index contributed by atoms with van der Waals surface area (Å²) in [5.41, 5.74) is 2.73. The first-order valence-electron chi connectivity index (χ1n) is 7.32. The topological polar surface area (TPSA) is 21.3 Å². The second kappa shape index (κ2) is 8.57. The van der Waals surface area contributed by atoms with Crippen LogP contribution < -0.4 is 10.1 Å². The van der Waals surface area contributed by atoms with Crippen molar-refractivity contribution in [2.75, 3.05) is 13.7 Å². The van der Waals surface area contributed by atoms with Gasteiger partial charge >= 0.3 is 0 Å².